The fourth-order valence-electron chi connectivity index (χ4n) is 3.77. The fraction of sp³-hybridized carbons (Fsp3) is 0.750. The lowest BCUT2D eigenvalue weighted by Gasteiger charge is -2.27. The van der Waals surface area contributed by atoms with Crippen molar-refractivity contribution in [3.05, 3.63) is 22.4 Å². The van der Waals surface area contributed by atoms with Gasteiger partial charge in [0.15, 0.2) is 0 Å². The van der Waals surface area contributed by atoms with E-state index in [2.05, 4.69) is 40.8 Å². The molecule has 0 radical (unpaired) electrons. The molecule has 0 aliphatic heterocycles. The van der Waals surface area contributed by atoms with E-state index in [4.69, 9.17) is 0 Å². The maximum absolute atomic E-state index is 4.02. The molecule has 0 amide bonds. The third-order valence-corrected chi connectivity index (χ3v) is 6.90. The molecule has 2 fully saturated rings. The van der Waals surface area contributed by atoms with Crippen LogP contribution >= 0.6 is 23.1 Å². The molecule has 3 heteroatoms. The van der Waals surface area contributed by atoms with E-state index in [1.807, 2.05) is 11.3 Å². The van der Waals surface area contributed by atoms with Crippen molar-refractivity contribution < 1.29 is 0 Å². The molecule has 3 unspecified atom stereocenters. The summed E-state index contributed by atoms with van der Waals surface area (Å²) < 4.78 is 0. The van der Waals surface area contributed by atoms with Crippen LogP contribution < -0.4 is 5.32 Å². The largest absolute Gasteiger partial charge is 0.306 e. The Morgan fingerprint density at radius 1 is 1.26 bits per heavy atom. The quantitative estimate of drug-likeness (QED) is 0.833. The Bertz CT molecular complexity index is 370. The van der Waals surface area contributed by atoms with Gasteiger partial charge in [-0.1, -0.05) is 18.9 Å². The van der Waals surface area contributed by atoms with Crippen molar-refractivity contribution in [2.75, 3.05) is 6.26 Å². The van der Waals surface area contributed by atoms with Crippen molar-refractivity contribution in [2.24, 2.45) is 5.92 Å². The van der Waals surface area contributed by atoms with Gasteiger partial charge in [-0.05, 0) is 55.7 Å². The molecule has 2 saturated carbocycles. The molecule has 19 heavy (non-hydrogen) atoms. The highest BCUT2D eigenvalue weighted by Crippen LogP contribution is 2.39. The molecule has 106 valence electrons. The summed E-state index contributed by atoms with van der Waals surface area (Å²) in [5.74, 6) is 0.881. The number of thiophene rings is 1. The second-order valence-electron chi connectivity index (χ2n) is 6.07. The monoisotopic (exact) mass is 295 g/mol. The summed E-state index contributed by atoms with van der Waals surface area (Å²) in [4.78, 5) is 1.57. The Morgan fingerprint density at radius 3 is 2.74 bits per heavy atom. The van der Waals surface area contributed by atoms with E-state index in [0.717, 1.165) is 17.2 Å². The van der Waals surface area contributed by atoms with Gasteiger partial charge in [-0.2, -0.15) is 11.8 Å². The molecular formula is C16H25NS2. The number of thioether (sulfide) groups is 1. The Kier molecular flexibility index (Phi) is 4.88. The van der Waals surface area contributed by atoms with Crippen LogP contribution in [0.5, 0.6) is 0 Å². The van der Waals surface area contributed by atoms with Crippen molar-refractivity contribution >= 4 is 23.1 Å². The van der Waals surface area contributed by atoms with Crippen LogP contribution in [0.4, 0.5) is 0 Å². The third-order valence-electron chi connectivity index (χ3n) is 4.85. The molecule has 1 N–H and O–H groups in total. The molecule has 1 aromatic heterocycles. The second kappa shape index (κ2) is 6.64. The van der Waals surface area contributed by atoms with Crippen LogP contribution in [0, 0.1) is 5.92 Å². The molecule has 0 bridgehead atoms. The zero-order valence-electron chi connectivity index (χ0n) is 11.8. The van der Waals surface area contributed by atoms with Gasteiger partial charge in [0, 0.05) is 22.2 Å². The lowest BCUT2D eigenvalue weighted by Crippen LogP contribution is -2.34. The molecule has 2 aliphatic carbocycles. The second-order valence-corrected chi connectivity index (χ2v) is 8.19. The van der Waals surface area contributed by atoms with Crippen LogP contribution in [0.1, 0.15) is 55.9 Å². The minimum absolute atomic E-state index is 0.633. The van der Waals surface area contributed by atoms with Crippen molar-refractivity contribution in [3.63, 3.8) is 0 Å². The first-order valence-electron chi connectivity index (χ1n) is 7.69. The minimum Gasteiger partial charge on any atom is -0.306 e. The van der Waals surface area contributed by atoms with Gasteiger partial charge in [0.2, 0.25) is 0 Å². The van der Waals surface area contributed by atoms with Crippen molar-refractivity contribution in [1.29, 1.82) is 0 Å². The van der Waals surface area contributed by atoms with E-state index in [-0.39, 0.29) is 0 Å². The predicted octanol–water partition coefficient (Wildman–Crippen LogP) is 4.85. The van der Waals surface area contributed by atoms with Crippen LogP contribution in [0.2, 0.25) is 0 Å². The average molecular weight is 296 g/mol. The zero-order chi connectivity index (χ0) is 13.1. The molecular weight excluding hydrogens is 270 g/mol. The van der Waals surface area contributed by atoms with Crippen LogP contribution in [-0.4, -0.2) is 17.5 Å². The number of rotatable bonds is 5. The molecule has 0 aromatic carbocycles. The molecule has 3 rings (SSSR count). The molecule has 0 saturated heterocycles. The summed E-state index contributed by atoms with van der Waals surface area (Å²) in [5, 5.41) is 7.15. The smallest absolute Gasteiger partial charge is 0.0445 e. The van der Waals surface area contributed by atoms with Gasteiger partial charge in [-0.25, -0.2) is 0 Å². The summed E-state index contributed by atoms with van der Waals surface area (Å²) >= 11 is 4.00. The van der Waals surface area contributed by atoms with Crippen LogP contribution in [-0.2, 0) is 0 Å². The van der Waals surface area contributed by atoms with E-state index in [1.54, 1.807) is 4.88 Å². The van der Waals surface area contributed by atoms with Gasteiger partial charge in [0.05, 0.1) is 0 Å². The number of hydrogen-bond acceptors (Lipinski definition) is 3. The zero-order valence-corrected chi connectivity index (χ0v) is 13.4. The molecule has 2 aliphatic rings. The molecule has 1 heterocycles. The summed E-state index contributed by atoms with van der Waals surface area (Å²) in [6, 6.07) is 5.93. The van der Waals surface area contributed by atoms with E-state index in [9.17, 15) is 0 Å². The Labute approximate surface area is 125 Å². The molecule has 1 nitrogen and oxygen atoms in total. The number of hydrogen-bond donors (Lipinski definition) is 1. The highest BCUT2D eigenvalue weighted by atomic mass is 32.2. The standard InChI is InChI=1S/C16H25NS2/c1-18-14-9-8-13(11-14)17-16(12-5-2-3-6-12)15-7-4-10-19-15/h4,7,10,12-14,16-17H,2-3,5-6,8-9,11H2,1H3. The SMILES string of the molecule is CSC1CCC(NC(c2cccs2)C2CCCC2)C1. The first-order chi connectivity index (χ1) is 9.36. The number of nitrogens with one attached hydrogen (secondary N) is 1. The van der Waals surface area contributed by atoms with Gasteiger partial charge in [0.1, 0.15) is 0 Å². The lowest BCUT2D eigenvalue weighted by atomic mass is 9.95. The third kappa shape index (κ3) is 3.37. The van der Waals surface area contributed by atoms with E-state index in [0.29, 0.717) is 6.04 Å². The molecule has 1 aromatic rings. The molecule has 3 atom stereocenters. The van der Waals surface area contributed by atoms with Crippen molar-refractivity contribution in [2.45, 2.75) is 62.3 Å². The fourth-order valence-corrected chi connectivity index (χ4v) is 5.44. The highest BCUT2D eigenvalue weighted by molar-refractivity contribution is 7.99. The van der Waals surface area contributed by atoms with Gasteiger partial charge in [-0.15, -0.1) is 11.3 Å². The maximum Gasteiger partial charge on any atom is 0.0445 e. The maximum atomic E-state index is 4.02. The summed E-state index contributed by atoms with van der Waals surface area (Å²) in [6.07, 6.45) is 12.1. The molecule has 0 spiro atoms. The van der Waals surface area contributed by atoms with Gasteiger partial charge >= 0.3 is 0 Å². The first-order valence-corrected chi connectivity index (χ1v) is 9.86. The van der Waals surface area contributed by atoms with Gasteiger partial charge < -0.3 is 5.32 Å². The van der Waals surface area contributed by atoms with Crippen molar-refractivity contribution in [1.82, 2.24) is 5.32 Å². The van der Waals surface area contributed by atoms with E-state index in [1.165, 1.54) is 44.9 Å². The van der Waals surface area contributed by atoms with E-state index < -0.39 is 0 Å². The topological polar surface area (TPSA) is 12.0 Å². The average Bonchev–Trinajstić information content (AvgIpc) is 3.17. The van der Waals surface area contributed by atoms with Gasteiger partial charge in [-0.3, -0.25) is 0 Å². The highest BCUT2D eigenvalue weighted by Gasteiger charge is 2.31. The minimum atomic E-state index is 0.633. The van der Waals surface area contributed by atoms with Crippen LogP contribution in [0.25, 0.3) is 0 Å². The Hall–Kier alpha value is 0.01000. The normalized spacial score (nSPS) is 29.9. The summed E-state index contributed by atoms with van der Waals surface area (Å²) in [6.45, 7) is 0. The Balaban J connectivity index is 1.66. The van der Waals surface area contributed by atoms with E-state index >= 15 is 0 Å². The summed E-state index contributed by atoms with van der Waals surface area (Å²) in [7, 11) is 0. The van der Waals surface area contributed by atoms with Crippen LogP contribution in [0.15, 0.2) is 17.5 Å². The Morgan fingerprint density at radius 2 is 2.11 bits per heavy atom. The predicted molar refractivity (Wildman–Crippen MR) is 87.1 cm³/mol. The first kappa shape index (κ1) is 14.0. The lowest BCUT2D eigenvalue weighted by molar-refractivity contribution is 0.333. The van der Waals surface area contributed by atoms with Crippen LogP contribution in [0.3, 0.4) is 0 Å². The van der Waals surface area contributed by atoms with Gasteiger partial charge in [0.25, 0.3) is 0 Å². The van der Waals surface area contributed by atoms with Crippen molar-refractivity contribution in [3.8, 4) is 0 Å². The summed E-state index contributed by atoms with van der Waals surface area (Å²) in [5.41, 5.74) is 0.